The van der Waals surface area contributed by atoms with E-state index in [1.807, 2.05) is 0 Å². The second-order valence-electron chi connectivity index (χ2n) is 5.97. The highest BCUT2D eigenvalue weighted by Gasteiger charge is 2.33. The third-order valence-corrected chi connectivity index (χ3v) is 5.09. The maximum atomic E-state index is 9.11. The standard InChI is InChI=1S/C17H27BrN2O/c1-2-16(19)17(13-7-9-14(18)10-8-13)20-11-3-5-15(20)6-4-12-21/h7-10,15-17,21H,2-6,11-12,19H2,1H3. The Morgan fingerprint density at radius 1 is 1.38 bits per heavy atom. The molecule has 3 unspecified atom stereocenters. The maximum absolute atomic E-state index is 9.11. The van der Waals surface area contributed by atoms with Gasteiger partial charge < -0.3 is 10.8 Å². The molecule has 118 valence electrons. The molecule has 1 saturated heterocycles. The summed E-state index contributed by atoms with van der Waals surface area (Å²) in [6, 6.07) is 9.57. The van der Waals surface area contributed by atoms with Crippen LogP contribution in [-0.4, -0.2) is 35.2 Å². The van der Waals surface area contributed by atoms with E-state index in [0.717, 1.165) is 30.3 Å². The van der Waals surface area contributed by atoms with Crippen LogP contribution in [-0.2, 0) is 0 Å². The molecule has 1 aromatic carbocycles. The molecule has 0 aromatic heterocycles. The fourth-order valence-electron chi connectivity index (χ4n) is 3.43. The number of likely N-dealkylation sites (tertiary alicyclic amines) is 1. The van der Waals surface area contributed by atoms with Crippen LogP contribution in [0.1, 0.15) is 50.6 Å². The van der Waals surface area contributed by atoms with Gasteiger partial charge in [-0.2, -0.15) is 0 Å². The molecule has 3 N–H and O–H groups in total. The SMILES string of the molecule is CCC(N)C(c1ccc(Br)cc1)N1CCCC1CCCO. The predicted octanol–water partition coefficient (Wildman–Crippen LogP) is 3.46. The largest absolute Gasteiger partial charge is 0.396 e. The van der Waals surface area contributed by atoms with E-state index >= 15 is 0 Å². The molecule has 1 heterocycles. The molecule has 4 heteroatoms. The highest BCUT2D eigenvalue weighted by atomic mass is 79.9. The number of aliphatic hydroxyl groups excluding tert-OH is 1. The number of nitrogens with zero attached hydrogens (tertiary/aromatic N) is 1. The van der Waals surface area contributed by atoms with Crippen LogP contribution < -0.4 is 5.73 Å². The van der Waals surface area contributed by atoms with Crippen molar-refractivity contribution in [3.63, 3.8) is 0 Å². The van der Waals surface area contributed by atoms with Gasteiger partial charge >= 0.3 is 0 Å². The Morgan fingerprint density at radius 2 is 2.10 bits per heavy atom. The molecule has 1 aliphatic rings. The minimum atomic E-state index is 0.154. The number of nitrogens with two attached hydrogens (primary N) is 1. The smallest absolute Gasteiger partial charge is 0.0502 e. The zero-order valence-electron chi connectivity index (χ0n) is 12.8. The van der Waals surface area contributed by atoms with Gasteiger partial charge in [-0.3, -0.25) is 4.90 Å². The van der Waals surface area contributed by atoms with E-state index in [2.05, 4.69) is 52.0 Å². The van der Waals surface area contributed by atoms with Gasteiger partial charge in [0.15, 0.2) is 0 Å². The summed E-state index contributed by atoms with van der Waals surface area (Å²) in [5.41, 5.74) is 7.76. The maximum Gasteiger partial charge on any atom is 0.0502 e. The van der Waals surface area contributed by atoms with Gasteiger partial charge in [-0.05, 0) is 56.3 Å². The lowest BCUT2D eigenvalue weighted by atomic mass is 9.95. The highest BCUT2D eigenvalue weighted by molar-refractivity contribution is 9.10. The van der Waals surface area contributed by atoms with Gasteiger partial charge in [0, 0.05) is 23.2 Å². The summed E-state index contributed by atoms with van der Waals surface area (Å²) in [6.45, 7) is 3.56. The normalized spacial score (nSPS) is 22.4. The van der Waals surface area contributed by atoms with Crippen molar-refractivity contribution in [2.75, 3.05) is 13.2 Å². The number of halogens is 1. The molecule has 2 rings (SSSR count). The third-order valence-electron chi connectivity index (χ3n) is 4.56. The van der Waals surface area contributed by atoms with Gasteiger partial charge in [0.05, 0.1) is 6.04 Å². The number of hydrogen-bond acceptors (Lipinski definition) is 3. The molecule has 0 spiro atoms. The fourth-order valence-corrected chi connectivity index (χ4v) is 3.69. The van der Waals surface area contributed by atoms with Crippen LogP contribution in [0.3, 0.4) is 0 Å². The minimum Gasteiger partial charge on any atom is -0.396 e. The van der Waals surface area contributed by atoms with Gasteiger partial charge in [-0.25, -0.2) is 0 Å². The average molecular weight is 355 g/mol. The molecule has 0 aliphatic carbocycles. The van der Waals surface area contributed by atoms with Crippen molar-refractivity contribution in [3.8, 4) is 0 Å². The zero-order chi connectivity index (χ0) is 15.2. The lowest BCUT2D eigenvalue weighted by Gasteiger charge is -2.37. The predicted molar refractivity (Wildman–Crippen MR) is 91.2 cm³/mol. The zero-order valence-corrected chi connectivity index (χ0v) is 14.4. The first kappa shape index (κ1) is 16.9. The number of hydrogen-bond donors (Lipinski definition) is 2. The summed E-state index contributed by atoms with van der Waals surface area (Å²) in [6.07, 6.45) is 5.39. The Morgan fingerprint density at radius 3 is 2.71 bits per heavy atom. The van der Waals surface area contributed by atoms with E-state index in [4.69, 9.17) is 10.8 Å². The van der Waals surface area contributed by atoms with Crippen LogP contribution in [0.25, 0.3) is 0 Å². The molecule has 0 bridgehead atoms. The van der Waals surface area contributed by atoms with E-state index < -0.39 is 0 Å². The average Bonchev–Trinajstić information content (AvgIpc) is 2.95. The number of benzene rings is 1. The molecule has 21 heavy (non-hydrogen) atoms. The Balaban J connectivity index is 2.20. The van der Waals surface area contributed by atoms with Crippen molar-refractivity contribution in [1.29, 1.82) is 0 Å². The first-order valence-corrected chi connectivity index (χ1v) is 8.84. The first-order chi connectivity index (χ1) is 10.2. The van der Waals surface area contributed by atoms with E-state index in [1.165, 1.54) is 18.4 Å². The molecule has 1 aliphatic heterocycles. The van der Waals surface area contributed by atoms with E-state index in [-0.39, 0.29) is 18.7 Å². The van der Waals surface area contributed by atoms with Crippen molar-refractivity contribution in [2.45, 2.75) is 57.2 Å². The molecule has 1 fully saturated rings. The van der Waals surface area contributed by atoms with Crippen molar-refractivity contribution in [2.24, 2.45) is 5.73 Å². The van der Waals surface area contributed by atoms with Crippen LogP contribution in [0, 0.1) is 0 Å². The third kappa shape index (κ3) is 4.28. The topological polar surface area (TPSA) is 49.5 Å². The summed E-state index contributed by atoms with van der Waals surface area (Å²) in [4.78, 5) is 2.58. The van der Waals surface area contributed by atoms with Gasteiger partial charge in [0.2, 0.25) is 0 Å². The second kappa shape index (κ2) is 8.28. The van der Waals surface area contributed by atoms with Crippen LogP contribution >= 0.6 is 15.9 Å². The van der Waals surface area contributed by atoms with Crippen LogP contribution in [0.2, 0.25) is 0 Å². The molecular weight excluding hydrogens is 328 g/mol. The van der Waals surface area contributed by atoms with Crippen molar-refractivity contribution >= 4 is 15.9 Å². The van der Waals surface area contributed by atoms with E-state index in [1.54, 1.807) is 0 Å². The van der Waals surface area contributed by atoms with E-state index in [9.17, 15) is 0 Å². The number of rotatable bonds is 7. The lowest BCUT2D eigenvalue weighted by Crippen LogP contribution is -2.43. The second-order valence-corrected chi connectivity index (χ2v) is 6.88. The first-order valence-electron chi connectivity index (χ1n) is 8.05. The van der Waals surface area contributed by atoms with Gasteiger partial charge in [0.25, 0.3) is 0 Å². The molecule has 3 nitrogen and oxygen atoms in total. The number of aliphatic hydroxyl groups is 1. The molecule has 1 aromatic rings. The Hall–Kier alpha value is -0.420. The van der Waals surface area contributed by atoms with Crippen molar-refractivity contribution < 1.29 is 5.11 Å². The summed E-state index contributed by atoms with van der Waals surface area (Å²) in [5.74, 6) is 0. The molecule has 0 radical (unpaired) electrons. The summed E-state index contributed by atoms with van der Waals surface area (Å²) < 4.78 is 1.10. The van der Waals surface area contributed by atoms with Gasteiger partial charge in [-0.15, -0.1) is 0 Å². The quantitative estimate of drug-likeness (QED) is 0.788. The highest BCUT2D eigenvalue weighted by Crippen LogP contribution is 2.34. The van der Waals surface area contributed by atoms with Crippen LogP contribution in [0.15, 0.2) is 28.7 Å². The van der Waals surface area contributed by atoms with Crippen LogP contribution in [0.5, 0.6) is 0 Å². The summed E-state index contributed by atoms with van der Waals surface area (Å²) >= 11 is 3.51. The fraction of sp³-hybridized carbons (Fsp3) is 0.647. The van der Waals surface area contributed by atoms with Gasteiger partial charge in [0.1, 0.15) is 0 Å². The molecular formula is C17H27BrN2O. The Bertz CT molecular complexity index is 423. The minimum absolute atomic E-state index is 0.154. The monoisotopic (exact) mass is 354 g/mol. The van der Waals surface area contributed by atoms with Crippen molar-refractivity contribution in [1.82, 2.24) is 4.90 Å². The summed E-state index contributed by atoms with van der Waals surface area (Å²) in [5, 5.41) is 9.11. The Kier molecular flexibility index (Phi) is 6.68. The van der Waals surface area contributed by atoms with Crippen LogP contribution in [0.4, 0.5) is 0 Å². The molecule has 0 amide bonds. The van der Waals surface area contributed by atoms with Crippen molar-refractivity contribution in [3.05, 3.63) is 34.3 Å². The van der Waals surface area contributed by atoms with E-state index in [0.29, 0.717) is 6.04 Å². The molecule has 3 atom stereocenters. The van der Waals surface area contributed by atoms with Gasteiger partial charge in [-0.1, -0.05) is 35.0 Å². The Labute approximate surface area is 136 Å². The molecule has 0 saturated carbocycles. The lowest BCUT2D eigenvalue weighted by molar-refractivity contribution is 0.140. The summed E-state index contributed by atoms with van der Waals surface area (Å²) in [7, 11) is 0.